The van der Waals surface area contributed by atoms with Gasteiger partial charge in [0.25, 0.3) is 0 Å². The number of hydrogen-bond donors (Lipinski definition) is 0. The minimum atomic E-state index is -5.57. The smallest absolute Gasteiger partial charge is 0.377 e. The van der Waals surface area contributed by atoms with E-state index in [-0.39, 0.29) is 0 Å². The first kappa shape index (κ1) is 33.7. The molecule has 6 nitrogen and oxygen atoms in total. The lowest BCUT2D eigenvalue weighted by atomic mass is 10.2. The van der Waals surface area contributed by atoms with E-state index < -0.39 is 66.7 Å². The normalized spacial score (nSPS) is 14.2. The molecule has 0 rings (SSSR count). The largest absolute Gasteiger partial charge is 0.500 e. The summed E-state index contributed by atoms with van der Waals surface area (Å²) in [6.07, 6.45) is -14.0. The van der Waals surface area contributed by atoms with Gasteiger partial charge in [-0.15, -0.1) is 0 Å². The lowest BCUT2D eigenvalue weighted by molar-refractivity contribution is -0.283. The van der Waals surface area contributed by atoms with Crippen molar-refractivity contribution < 1.29 is 70.5 Å². The number of hydrogen-bond acceptors (Lipinski definition) is 6. The van der Waals surface area contributed by atoms with Gasteiger partial charge >= 0.3 is 41.8 Å². The average Bonchev–Trinajstić information content (AvgIpc) is 2.70. The number of alkyl halides is 10. The Labute approximate surface area is 180 Å². The van der Waals surface area contributed by atoms with Gasteiger partial charge in [-0.3, -0.25) is 0 Å². The summed E-state index contributed by atoms with van der Waals surface area (Å²) in [5, 5.41) is 0. The molecule has 18 heteroatoms. The second-order valence-corrected chi connectivity index (χ2v) is 12.2. The lowest BCUT2D eigenvalue weighted by Crippen LogP contribution is -2.46. The van der Waals surface area contributed by atoms with Crippen molar-refractivity contribution in [1.82, 2.24) is 0 Å². The fourth-order valence-electron chi connectivity index (χ4n) is 2.02. The predicted octanol–water partition coefficient (Wildman–Crippen LogP) is 4.90. The summed E-state index contributed by atoms with van der Waals surface area (Å²) in [6, 6.07) is -1.22. The molecule has 0 radical (unpaired) electrons. The third-order valence-corrected chi connectivity index (χ3v) is 9.64. The molecule has 0 unspecified atom stereocenters. The Morgan fingerprint density at radius 3 is 0.750 bits per heavy atom. The van der Waals surface area contributed by atoms with Crippen molar-refractivity contribution in [1.29, 1.82) is 0 Å². The molecule has 0 saturated heterocycles. The van der Waals surface area contributed by atoms with E-state index in [1.54, 1.807) is 0 Å². The fraction of sp³-hybridized carbons (Fsp3) is 1.00. The van der Waals surface area contributed by atoms with Gasteiger partial charge in [0.2, 0.25) is 0 Å². The molecule has 0 aromatic heterocycles. The molecule has 0 bridgehead atoms. The number of halogens is 10. The highest BCUT2D eigenvalue weighted by molar-refractivity contribution is 6.60. The van der Waals surface area contributed by atoms with Crippen LogP contribution in [0.1, 0.15) is 12.8 Å². The van der Waals surface area contributed by atoms with Gasteiger partial charge in [-0.1, -0.05) is 0 Å². The van der Waals surface area contributed by atoms with Crippen LogP contribution < -0.4 is 0 Å². The summed E-state index contributed by atoms with van der Waals surface area (Å²) >= 11 is 0. The molecule has 32 heavy (non-hydrogen) atoms. The van der Waals surface area contributed by atoms with Crippen molar-refractivity contribution in [2.24, 2.45) is 0 Å². The lowest BCUT2D eigenvalue weighted by Gasteiger charge is -2.27. The van der Waals surface area contributed by atoms with E-state index in [9.17, 15) is 43.9 Å². The van der Waals surface area contributed by atoms with Crippen LogP contribution in [0, 0.1) is 0 Å². The summed E-state index contributed by atoms with van der Waals surface area (Å²) < 4.78 is 150. The molecule has 0 saturated carbocycles. The van der Waals surface area contributed by atoms with Crippen LogP contribution in [0.3, 0.4) is 0 Å². The topological polar surface area (TPSA) is 55.4 Å². The first-order valence-electron chi connectivity index (χ1n) is 8.48. The van der Waals surface area contributed by atoms with Crippen LogP contribution in [-0.2, 0) is 26.6 Å². The first-order valence-corrected chi connectivity index (χ1v) is 12.3. The van der Waals surface area contributed by atoms with Gasteiger partial charge in [0.15, 0.2) is 0 Å². The maximum Gasteiger partial charge on any atom is 0.500 e. The Bertz CT molecular complexity index is 459. The van der Waals surface area contributed by atoms with Crippen LogP contribution in [-0.4, -0.2) is 84.5 Å². The quantitative estimate of drug-likeness (QED) is 0.261. The van der Waals surface area contributed by atoms with E-state index in [1.807, 2.05) is 0 Å². The standard InChI is InChI=1S/2C7H13F5O3Si/c2*1-13-16(14-2,15-3)5-4-6(8,9)7(10,11)12/h2*4-5H2,1-3H3. The van der Waals surface area contributed by atoms with E-state index in [2.05, 4.69) is 0 Å². The minimum absolute atomic E-state index is 0.608. The monoisotopic (exact) mass is 536 g/mol. The average molecular weight is 537 g/mol. The van der Waals surface area contributed by atoms with Gasteiger partial charge in [0.1, 0.15) is 0 Å². The van der Waals surface area contributed by atoms with Gasteiger partial charge in [0, 0.05) is 67.6 Å². The Balaban J connectivity index is 0. The maximum absolute atomic E-state index is 12.6. The molecule has 0 N–H and O–H groups in total. The zero-order valence-corrected chi connectivity index (χ0v) is 20.1. The van der Waals surface area contributed by atoms with E-state index in [0.717, 1.165) is 42.7 Å². The van der Waals surface area contributed by atoms with Gasteiger partial charge in [0.05, 0.1) is 0 Å². The van der Waals surface area contributed by atoms with Gasteiger partial charge in [-0.05, 0) is 0 Å². The highest BCUT2D eigenvalue weighted by Crippen LogP contribution is 2.41. The molecular weight excluding hydrogens is 510 g/mol. The Morgan fingerprint density at radius 2 is 0.625 bits per heavy atom. The van der Waals surface area contributed by atoms with E-state index in [1.165, 1.54) is 0 Å². The van der Waals surface area contributed by atoms with Crippen molar-refractivity contribution in [3.63, 3.8) is 0 Å². The molecule has 0 aliphatic heterocycles. The van der Waals surface area contributed by atoms with Crippen LogP contribution in [0.15, 0.2) is 0 Å². The van der Waals surface area contributed by atoms with Crippen molar-refractivity contribution in [2.45, 2.75) is 49.1 Å². The fourth-order valence-corrected chi connectivity index (χ4v) is 5.48. The zero-order valence-electron chi connectivity index (χ0n) is 18.1. The molecule has 0 atom stereocenters. The van der Waals surface area contributed by atoms with Crippen LogP contribution in [0.4, 0.5) is 43.9 Å². The molecule has 0 aromatic carbocycles. The summed E-state index contributed by atoms with van der Waals surface area (Å²) in [5.41, 5.74) is 0. The van der Waals surface area contributed by atoms with Crippen LogP contribution in [0.5, 0.6) is 0 Å². The Hall–Kier alpha value is -0.506. The molecular formula is C14H26F10O6Si2. The first-order chi connectivity index (χ1) is 14.3. The second-order valence-electron chi connectivity index (χ2n) is 6.00. The van der Waals surface area contributed by atoms with Crippen molar-refractivity contribution in [2.75, 3.05) is 42.7 Å². The van der Waals surface area contributed by atoms with E-state index >= 15 is 0 Å². The van der Waals surface area contributed by atoms with Gasteiger partial charge in [-0.25, -0.2) is 0 Å². The Kier molecular flexibility index (Phi) is 13.5. The van der Waals surface area contributed by atoms with Gasteiger partial charge < -0.3 is 26.6 Å². The third-order valence-electron chi connectivity index (χ3n) is 4.19. The second kappa shape index (κ2) is 12.8. The van der Waals surface area contributed by atoms with E-state index in [4.69, 9.17) is 26.6 Å². The summed E-state index contributed by atoms with van der Waals surface area (Å²) in [4.78, 5) is 0. The molecule has 0 spiro atoms. The predicted molar refractivity (Wildman–Crippen MR) is 94.4 cm³/mol. The SMILES string of the molecule is CO[Si](CCC(F)(F)C(F)(F)F)(OC)OC.CO[Si](CCC(F)(F)C(F)(F)F)(OC)OC. The van der Waals surface area contributed by atoms with Gasteiger partial charge in [-0.2, -0.15) is 43.9 Å². The molecule has 0 aliphatic rings. The summed E-state index contributed by atoms with van der Waals surface area (Å²) in [6.45, 7) is 0. The maximum atomic E-state index is 12.6. The zero-order chi connectivity index (χ0) is 26.1. The highest BCUT2D eigenvalue weighted by Gasteiger charge is 2.59. The van der Waals surface area contributed by atoms with Crippen molar-refractivity contribution in [3.8, 4) is 0 Å². The molecule has 196 valence electrons. The molecule has 0 aromatic rings. The van der Waals surface area contributed by atoms with Crippen LogP contribution >= 0.6 is 0 Å². The van der Waals surface area contributed by atoms with Crippen molar-refractivity contribution >= 4 is 17.6 Å². The Morgan fingerprint density at radius 1 is 0.438 bits per heavy atom. The van der Waals surface area contributed by atoms with Crippen LogP contribution in [0.25, 0.3) is 0 Å². The molecule has 0 aliphatic carbocycles. The summed E-state index contributed by atoms with van der Waals surface area (Å²) in [7, 11) is 0.0908. The minimum Gasteiger partial charge on any atom is -0.377 e. The van der Waals surface area contributed by atoms with Crippen LogP contribution in [0.2, 0.25) is 12.1 Å². The molecule has 0 amide bonds. The van der Waals surface area contributed by atoms with Crippen molar-refractivity contribution in [3.05, 3.63) is 0 Å². The van der Waals surface area contributed by atoms with E-state index in [0.29, 0.717) is 0 Å². The number of rotatable bonds is 12. The summed E-state index contributed by atoms with van der Waals surface area (Å²) in [5.74, 6) is -9.53. The molecule has 0 heterocycles. The molecule has 0 fully saturated rings. The highest BCUT2D eigenvalue weighted by atomic mass is 28.4. The third kappa shape index (κ3) is 9.78.